The zero-order chi connectivity index (χ0) is 17.3. The minimum Gasteiger partial charge on any atom is -0.510 e. The third kappa shape index (κ3) is 3.13. The van der Waals surface area contributed by atoms with E-state index in [9.17, 15) is 10.2 Å². The van der Waals surface area contributed by atoms with Crippen LogP contribution in [0.1, 0.15) is 11.9 Å². The summed E-state index contributed by atoms with van der Waals surface area (Å²) in [4.78, 5) is 6.20. The van der Waals surface area contributed by atoms with E-state index in [-0.39, 0.29) is 18.1 Å². The van der Waals surface area contributed by atoms with E-state index in [4.69, 9.17) is 10.1 Å². The Bertz CT molecular complexity index is 781. The van der Waals surface area contributed by atoms with Gasteiger partial charge in [0.1, 0.15) is 22.4 Å². The van der Waals surface area contributed by atoms with Crippen molar-refractivity contribution in [3.05, 3.63) is 40.4 Å². The van der Waals surface area contributed by atoms with Crippen LogP contribution in [0.2, 0.25) is 0 Å². The van der Waals surface area contributed by atoms with E-state index in [0.717, 1.165) is 17.0 Å². The maximum Gasteiger partial charge on any atom is 0.135 e. The van der Waals surface area contributed by atoms with Crippen LogP contribution in [-0.4, -0.2) is 52.2 Å². The van der Waals surface area contributed by atoms with Crippen molar-refractivity contribution in [2.45, 2.75) is 13.0 Å². The van der Waals surface area contributed by atoms with Gasteiger partial charge in [-0.05, 0) is 31.2 Å². The molecule has 1 aromatic heterocycles. The topological polar surface area (TPSA) is 89.7 Å². The summed E-state index contributed by atoms with van der Waals surface area (Å²) in [7, 11) is 1.62. The van der Waals surface area contributed by atoms with Crippen LogP contribution in [0.3, 0.4) is 0 Å². The van der Waals surface area contributed by atoms with Crippen LogP contribution < -0.4 is 4.74 Å². The number of hydrogen-bond acceptors (Lipinski definition) is 6. The summed E-state index contributed by atoms with van der Waals surface area (Å²) in [6.45, 7) is 2.20. The zero-order valence-corrected chi connectivity index (χ0v) is 14.3. The largest absolute Gasteiger partial charge is 0.510 e. The summed E-state index contributed by atoms with van der Waals surface area (Å²) in [6.07, 6.45) is -0.566. The molecule has 0 saturated carbocycles. The summed E-state index contributed by atoms with van der Waals surface area (Å²) < 4.78 is 5.15. The number of aliphatic hydroxyl groups excluding tert-OH is 2. The maximum absolute atomic E-state index is 10.2. The smallest absolute Gasteiger partial charge is 0.135 e. The van der Waals surface area contributed by atoms with E-state index in [1.165, 1.54) is 11.3 Å². The highest BCUT2D eigenvalue weighted by Gasteiger charge is 2.30. The van der Waals surface area contributed by atoms with Gasteiger partial charge in [0, 0.05) is 17.5 Å². The van der Waals surface area contributed by atoms with Gasteiger partial charge in [0.05, 0.1) is 31.0 Å². The van der Waals surface area contributed by atoms with Crippen molar-refractivity contribution in [1.82, 2.24) is 9.88 Å². The predicted octanol–water partition coefficient (Wildman–Crippen LogP) is 2.76. The first kappa shape index (κ1) is 16.5. The molecule has 0 saturated heterocycles. The Morgan fingerprint density at radius 1 is 1.38 bits per heavy atom. The monoisotopic (exact) mass is 345 g/mol. The SMILES string of the molecule is COc1ccc(-c2csc(C3=C(O)CN(C[C@H](C)O)C3=N)n2)cc1. The van der Waals surface area contributed by atoms with Crippen LogP contribution in [0.25, 0.3) is 16.8 Å². The van der Waals surface area contributed by atoms with Gasteiger partial charge in [0.25, 0.3) is 0 Å². The molecule has 1 aliphatic rings. The van der Waals surface area contributed by atoms with Crippen molar-refractivity contribution in [2.75, 3.05) is 20.2 Å². The van der Waals surface area contributed by atoms with Gasteiger partial charge < -0.3 is 19.8 Å². The predicted molar refractivity (Wildman–Crippen MR) is 94.6 cm³/mol. The summed E-state index contributed by atoms with van der Waals surface area (Å²) in [5.74, 6) is 1.10. The second-order valence-electron chi connectivity index (χ2n) is 5.67. The van der Waals surface area contributed by atoms with Crippen LogP contribution in [0.5, 0.6) is 5.75 Å². The van der Waals surface area contributed by atoms with Gasteiger partial charge in [-0.1, -0.05) is 0 Å². The number of aliphatic hydroxyl groups is 2. The van der Waals surface area contributed by atoms with Crippen molar-refractivity contribution in [2.24, 2.45) is 0 Å². The van der Waals surface area contributed by atoms with Gasteiger partial charge >= 0.3 is 0 Å². The standard InChI is InChI=1S/C17H19N3O3S/c1-10(21)7-20-8-14(22)15(16(20)18)17-19-13(9-24-17)11-3-5-12(23-2)6-4-11/h3-6,9-10,18,21-22H,7-8H2,1-2H3/t10-/m0/s1. The fourth-order valence-corrected chi connectivity index (χ4v) is 3.51. The average molecular weight is 345 g/mol. The summed E-state index contributed by atoms with van der Waals surface area (Å²) >= 11 is 1.39. The normalized spacial score (nSPS) is 16.0. The van der Waals surface area contributed by atoms with Crippen molar-refractivity contribution < 1.29 is 14.9 Å². The number of hydrogen-bond donors (Lipinski definition) is 3. The molecular weight excluding hydrogens is 326 g/mol. The molecule has 0 aliphatic carbocycles. The number of β-amino-alcohol motifs (C(OH)–C–C–N with tert-alkyl or cyclic N) is 1. The Kier molecular flexibility index (Phi) is 4.55. The Morgan fingerprint density at radius 2 is 2.08 bits per heavy atom. The van der Waals surface area contributed by atoms with Crippen LogP contribution in [0.4, 0.5) is 0 Å². The van der Waals surface area contributed by atoms with Crippen molar-refractivity contribution in [3.63, 3.8) is 0 Å². The Labute approximate surface area is 144 Å². The van der Waals surface area contributed by atoms with Gasteiger partial charge in [0.2, 0.25) is 0 Å². The Balaban J connectivity index is 1.84. The third-order valence-electron chi connectivity index (χ3n) is 3.77. The molecule has 126 valence electrons. The molecule has 0 amide bonds. The average Bonchev–Trinajstić information content (AvgIpc) is 3.12. The van der Waals surface area contributed by atoms with Crippen molar-refractivity contribution in [1.29, 1.82) is 5.41 Å². The lowest BCUT2D eigenvalue weighted by Gasteiger charge is -2.19. The van der Waals surface area contributed by atoms with Crippen molar-refractivity contribution in [3.8, 4) is 17.0 Å². The number of nitrogens with zero attached hydrogens (tertiary/aromatic N) is 2. The molecule has 2 aromatic rings. The number of thiazole rings is 1. The first-order chi connectivity index (χ1) is 11.5. The lowest BCUT2D eigenvalue weighted by molar-refractivity contribution is 0.160. The van der Waals surface area contributed by atoms with Crippen LogP contribution in [0.15, 0.2) is 35.4 Å². The Hall–Kier alpha value is -2.38. The summed E-state index contributed by atoms with van der Waals surface area (Å²) in [5.41, 5.74) is 2.18. The van der Waals surface area contributed by atoms with Crippen molar-refractivity contribution >= 4 is 22.7 Å². The highest BCUT2D eigenvalue weighted by atomic mass is 32.1. The highest BCUT2D eigenvalue weighted by molar-refractivity contribution is 7.11. The zero-order valence-electron chi connectivity index (χ0n) is 13.5. The molecule has 3 rings (SSSR count). The van der Waals surface area contributed by atoms with E-state index >= 15 is 0 Å². The second-order valence-corrected chi connectivity index (χ2v) is 6.52. The molecule has 3 N–H and O–H groups in total. The maximum atomic E-state index is 10.2. The van der Waals surface area contributed by atoms with Gasteiger partial charge in [-0.25, -0.2) is 4.98 Å². The number of methoxy groups -OCH3 is 1. The Morgan fingerprint density at radius 3 is 2.71 bits per heavy atom. The first-order valence-electron chi connectivity index (χ1n) is 7.54. The molecule has 1 atom stereocenters. The molecule has 1 aromatic carbocycles. The van der Waals surface area contributed by atoms with Crippen LogP contribution in [0, 0.1) is 5.41 Å². The molecule has 24 heavy (non-hydrogen) atoms. The lowest BCUT2D eigenvalue weighted by Crippen LogP contribution is -2.33. The van der Waals surface area contributed by atoms with Gasteiger partial charge in [-0.3, -0.25) is 5.41 Å². The molecule has 0 unspecified atom stereocenters. The first-order valence-corrected chi connectivity index (χ1v) is 8.42. The van der Waals surface area contributed by atoms with E-state index in [2.05, 4.69) is 4.98 Å². The molecule has 2 heterocycles. The number of amidine groups is 1. The molecule has 0 fully saturated rings. The van der Waals surface area contributed by atoms with Crippen LogP contribution in [-0.2, 0) is 0 Å². The fourth-order valence-electron chi connectivity index (χ4n) is 2.62. The van der Waals surface area contributed by atoms with E-state index in [1.807, 2.05) is 29.6 Å². The molecular formula is C17H19N3O3S. The number of benzene rings is 1. The third-order valence-corrected chi connectivity index (χ3v) is 4.63. The van der Waals surface area contributed by atoms with Gasteiger partial charge in [-0.15, -0.1) is 11.3 Å². The molecule has 6 nitrogen and oxygen atoms in total. The lowest BCUT2D eigenvalue weighted by atomic mass is 10.1. The quantitative estimate of drug-likeness (QED) is 0.775. The van der Waals surface area contributed by atoms with E-state index in [1.54, 1.807) is 18.9 Å². The molecule has 1 aliphatic heterocycles. The molecule has 0 bridgehead atoms. The van der Waals surface area contributed by atoms with Gasteiger partial charge in [0.15, 0.2) is 0 Å². The second kappa shape index (κ2) is 6.62. The number of rotatable bonds is 5. The molecule has 0 spiro atoms. The molecule has 7 heteroatoms. The van der Waals surface area contributed by atoms with Gasteiger partial charge in [-0.2, -0.15) is 0 Å². The number of aromatic nitrogens is 1. The fraction of sp³-hybridized carbons (Fsp3) is 0.294. The molecule has 0 radical (unpaired) electrons. The highest BCUT2D eigenvalue weighted by Crippen LogP contribution is 2.32. The number of nitrogens with one attached hydrogen (secondary N) is 1. The minimum absolute atomic E-state index is 0.122. The number of ether oxygens (including phenoxy) is 1. The van der Waals surface area contributed by atoms with E-state index < -0.39 is 6.10 Å². The van der Waals surface area contributed by atoms with Crippen LogP contribution >= 0.6 is 11.3 Å². The summed E-state index contributed by atoms with van der Waals surface area (Å²) in [5, 5.41) is 30.5. The van der Waals surface area contributed by atoms with E-state index in [0.29, 0.717) is 17.1 Å². The minimum atomic E-state index is -0.566. The summed E-state index contributed by atoms with van der Waals surface area (Å²) in [6, 6.07) is 7.58.